The molecule has 2 unspecified atom stereocenters. The highest BCUT2D eigenvalue weighted by molar-refractivity contribution is 9.09. The SMILES string of the molecule is CCCCCC1OC1CBr. The fourth-order valence-corrected chi connectivity index (χ4v) is 1.73. The zero-order chi connectivity index (χ0) is 7.40. The van der Waals surface area contributed by atoms with Crippen molar-refractivity contribution in [2.75, 3.05) is 5.33 Å². The van der Waals surface area contributed by atoms with Crippen molar-refractivity contribution in [1.29, 1.82) is 0 Å². The monoisotopic (exact) mass is 206 g/mol. The van der Waals surface area contributed by atoms with Crippen LogP contribution >= 0.6 is 15.9 Å². The lowest BCUT2D eigenvalue weighted by Gasteiger charge is -1.92. The Bertz CT molecular complexity index is 95.3. The van der Waals surface area contributed by atoms with Gasteiger partial charge < -0.3 is 4.74 Å². The summed E-state index contributed by atoms with van der Waals surface area (Å²) in [5, 5.41) is 1.02. The number of epoxide rings is 1. The van der Waals surface area contributed by atoms with Crippen molar-refractivity contribution in [2.24, 2.45) is 0 Å². The van der Waals surface area contributed by atoms with E-state index in [0.717, 1.165) is 5.33 Å². The number of halogens is 1. The molecule has 0 saturated carbocycles. The van der Waals surface area contributed by atoms with Gasteiger partial charge in [-0.3, -0.25) is 0 Å². The molecule has 0 amide bonds. The second kappa shape index (κ2) is 4.35. The van der Waals surface area contributed by atoms with Crippen molar-refractivity contribution in [3.8, 4) is 0 Å². The molecular formula is C8H15BrO. The number of hydrogen-bond acceptors (Lipinski definition) is 1. The number of rotatable bonds is 5. The van der Waals surface area contributed by atoms with E-state index in [1.54, 1.807) is 0 Å². The van der Waals surface area contributed by atoms with Gasteiger partial charge >= 0.3 is 0 Å². The first-order valence-electron chi connectivity index (χ1n) is 4.10. The summed E-state index contributed by atoms with van der Waals surface area (Å²) in [6.07, 6.45) is 6.40. The van der Waals surface area contributed by atoms with Crippen molar-refractivity contribution in [3.63, 3.8) is 0 Å². The molecule has 0 N–H and O–H groups in total. The summed E-state index contributed by atoms with van der Waals surface area (Å²) in [4.78, 5) is 0. The van der Waals surface area contributed by atoms with Gasteiger partial charge in [0.1, 0.15) is 0 Å². The van der Waals surface area contributed by atoms with Crippen LogP contribution in [0.25, 0.3) is 0 Å². The lowest BCUT2D eigenvalue weighted by molar-refractivity contribution is 0.367. The zero-order valence-corrected chi connectivity index (χ0v) is 8.06. The third-order valence-electron chi connectivity index (χ3n) is 1.93. The third-order valence-corrected chi connectivity index (χ3v) is 2.57. The molecule has 0 spiro atoms. The molecule has 0 radical (unpaired) electrons. The summed E-state index contributed by atoms with van der Waals surface area (Å²) in [6, 6.07) is 0. The van der Waals surface area contributed by atoms with Crippen molar-refractivity contribution in [2.45, 2.75) is 44.8 Å². The maximum absolute atomic E-state index is 5.37. The second-order valence-electron chi connectivity index (χ2n) is 2.86. The van der Waals surface area contributed by atoms with Gasteiger partial charge in [0.15, 0.2) is 0 Å². The largest absolute Gasteiger partial charge is 0.369 e. The molecule has 1 aliphatic rings. The lowest BCUT2D eigenvalue weighted by atomic mass is 10.1. The Morgan fingerprint density at radius 2 is 2.10 bits per heavy atom. The van der Waals surface area contributed by atoms with Crippen molar-refractivity contribution >= 4 is 15.9 Å². The number of ether oxygens (including phenoxy) is 1. The standard InChI is InChI=1S/C8H15BrO/c1-2-3-4-5-7-8(6-9)10-7/h7-8H,2-6H2,1H3. The van der Waals surface area contributed by atoms with Crippen LogP contribution in [0.15, 0.2) is 0 Å². The molecule has 0 aliphatic carbocycles. The summed E-state index contributed by atoms with van der Waals surface area (Å²) in [7, 11) is 0. The van der Waals surface area contributed by atoms with Gasteiger partial charge in [-0.2, -0.15) is 0 Å². The minimum Gasteiger partial charge on any atom is -0.369 e. The quantitative estimate of drug-likeness (QED) is 0.383. The van der Waals surface area contributed by atoms with Crippen LogP contribution in [0.2, 0.25) is 0 Å². The van der Waals surface area contributed by atoms with E-state index in [9.17, 15) is 0 Å². The van der Waals surface area contributed by atoms with E-state index in [2.05, 4.69) is 22.9 Å². The van der Waals surface area contributed by atoms with Crippen LogP contribution in [0.3, 0.4) is 0 Å². The highest BCUT2D eigenvalue weighted by Gasteiger charge is 2.36. The maximum Gasteiger partial charge on any atom is 0.0938 e. The molecule has 60 valence electrons. The van der Waals surface area contributed by atoms with E-state index in [1.165, 1.54) is 25.7 Å². The van der Waals surface area contributed by atoms with Gasteiger partial charge in [-0.15, -0.1) is 0 Å². The smallest absolute Gasteiger partial charge is 0.0938 e. The topological polar surface area (TPSA) is 12.5 Å². The van der Waals surface area contributed by atoms with E-state index in [4.69, 9.17) is 4.74 Å². The summed E-state index contributed by atoms with van der Waals surface area (Å²) >= 11 is 3.40. The Morgan fingerprint density at radius 1 is 1.30 bits per heavy atom. The minimum absolute atomic E-state index is 0.539. The van der Waals surface area contributed by atoms with Crippen LogP contribution in [0.4, 0.5) is 0 Å². The zero-order valence-electron chi connectivity index (χ0n) is 6.48. The van der Waals surface area contributed by atoms with Gasteiger partial charge in [0.05, 0.1) is 12.2 Å². The van der Waals surface area contributed by atoms with Crippen molar-refractivity contribution in [3.05, 3.63) is 0 Å². The highest BCUT2D eigenvalue weighted by Crippen LogP contribution is 2.28. The van der Waals surface area contributed by atoms with Gasteiger partial charge in [0.25, 0.3) is 0 Å². The van der Waals surface area contributed by atoms with E-state index in [1.807, 2.05) is 0 Å². The molecule has 0 aromatic rings. The lowest BCUT2D eigenvalue weighted by Crippen LogP contribution is -1.94. The fraction of sp³-hybridized carbons (Fsp3) is 1.00. The van der Waals surface area contributed by atoms with Crippen LogP contribution in [0.1, 0.15) is 32.6 Å². The van der Waals surface area contributed by atoms with E-state index in [0.29, 0.717) is 12.2 Å². The maximum atomic E-state index is 5.37. The Hall–Kier alpha value is 0.440. The van der Waals surface area contributed by atoms with Crippen molar-refractivity contribution < 1.29 is 4.74 Å². The average molecular weight is 207 g/mol. The normalized spacial score (nSPS) is 30.6. The molecule has 0 aromatic carbocycles. The van der Waals surface area contributed by atoms with E-state index >= 15 is 0 Å². The van der Waals surface area contributed by atoms with Crippen LogP contribution in [0, 0.1) is 0 Å². The van der Waals surface area contributed by atoms with Gasteiger partial charge in [-0.05, 0) is 6.42 Å². The highest BCUT2D eigenvalue weighted by atomic mass is 79.9. The molecular weight excluding hydrogens is 192 g/mol. The molecule has 1 saturated heterocycles. The average Bonchev–Trinajstić information content (AvgIpc) is 2.68. The Morgan fingerprint density at radius 3 is 2.60 bits per heavy atom. The summed E-state index contributed by atoms with van der Waals surface area (Å²) in [5.74, 6) is 0. The Balaban J connectivity index is 1.87. The first-order chi connectivity index (χ1) is 4.88. The number of hydrogen-bond donors (Lipinski definition) is 0. The molecule has 10 heavy (non-hydrogen) atoms. The van der Waals surface area contributed by atoms with Gasteiger partial charge in [-0.25, -0.2) is 0 Å². The summed E-state index contributed by atoms with van der Waals surface area (Å²) in [6.45, 7) is 2.23. The van der Waals surface area contributed by atoms with Gasteiger partial charge in [0, 0.05) is 5.33 Å². The molecule has 1 nitrogen and oxygen atoms in total. The van der Waals surface area contributed by atoms with Gasteiger partial charge in [0.2, 0.25) is 0 Å². The number of unbranched alkanes of at least 4 members (excludes halogenated alkanes) is 2. The minimum atomic E-state index is 0.539. The van der Waals surface area contributed by atoms with Gasteiger partial charge in [-0.1, -0.05) is 42.1 Å². The molecule has 0 bridgehead atoms. The fourth-order valence-electron chi connectivity index (χ4n) is 1.16. The number of alkyl halides is 1. The summed E-state index contributed by atoms with van der Waals surface area (Å²) in [5.41, 5.74) is 0. The van der Waals surface area contributed by atoms with Crippen molar-refractivity contribution in [1.82, 2.24) is 0 Å². The van der Waals surface area contributed by atoms with E-state index < -0.39 is 0 Å². The molecule has 1 rings (SSSR count). The van der Waals surface area contributed by atoms with Crippen LogP contribution < -0.4 is 0 Å². The predicted octanol–water partition coefficient (Wildman–Crippen LogP) is 2.73. The molecule has 1 heterocycles. The van der Waals surface area contributed by atoms with E-state index in [-0.39, 0.29) is 0 Å². The molecule has 1 fully saturated rings. The molecule has 0 aromatic heterocycles. The molecule has 2 heteroatoms. The Kier molecular flexibility index (Phi) is 3.71. The van der Waals surface area contributed by atoms with Crippen LogP contribution in [-0.2, 0) is 4.74 Å². The first kappa shape index (κ1) is 8.54. The second-order valence-corrected chi connectivity index (χ2v) is 3.51. The summed E-state index contributed by atoms with van der Waals surface area (Å²) < 4.78 is 5.37. The first-order valence-corrected chi connectivity index (χ1v) is 5.22. The van der Waals surface area contributed by atoms with Crippen LogP contribution in [0.5, 0.6) is 0 Å². The molecule has 2 atom stereocenters. The third kappa shape index (κ3) is 2.59. The predicted molar refractivity (Wildman–Crippen MR) is 46.6 cm³/mol. The molecule has 1 aliphatic heterocycles. The van der Waals surface area contributed by atoms with Crippen LogP contribution in [-0.4, -0.2) is 17.5 Å². The Labute approximate surface area is 71.3 Å².